The second-order valence-electron chi connectivity index (χ2n) is 6.33. The Morgan fingerprint density at radius 1 is 1.14 bits per heavy atom. The van der Waals surface area contributed by atoms with Crippen LogP contribution in [0.4, 0.5) is 0 Å². The summed E-state index contributed by atoms with van der Waals surface area (Å²) >= 11 is 1.52. The first-order valence-electron chi connectivity index (χ1n) is 9.34. The summed E-state index contributed by atoms with van der Waals surface area (Å²) in [6.07, 6.45) is 1.98. The predicted octanol–water partition coefficient (Wildman–Crippen LogP) is 3.13. The Kier molecular flexibility index (Phi) is 7.18. The van der Waals surface area contributed by atoms with E-state index in [9.17, 15) is 13.2 Å². The fourth-order valence-electron chi connectivity index (χ4n) is 2.58. The van der Waals surface area contributed by atoms with Gasteiger partial charge >= 0.3 is 0 Å². The van der Waals surface area contributed by atoms with Gasteiger partial charge in [-0.15, -0.1) is 11.3 Å². The maximum absolute atomic E-state index is 12.5. The molecule has 0 spiro atoms. The van der Waals surface area contributed by atoms with E-state index in [2.05, 4.69) is 16.7 Å². The molecule has 0 bridgehead atoms. The Balaban J connectivity index is 1.61. The Morgan fingerprint density at radius 3 is 2.62 bits per heavy atom. The molecule has 154 valence electrons. The number of nitrogens with one attached hydrogen (secondary N) is 1. The van der Waals surface area contributed by atoms with Gasteiger partial charge in [0.15, 0.2) is 0 Å². The van der Waals surface area contributed by atoms with Crippen LogP contribution in [0.15, 0.2) is 63.6 Å². The van der Waals surface area contributed by atoms with Crippen LogP contribution < -0.4 is 15.0 Å². The van der Waals surface area contributed by atoms with E-state index in [1.54, 1.807) is 18.2 Å². The molecule has 7 nitrogen and oxygen atoms in total. The van der Waals surface area contributed by atoms with Crippen LogP contribution in [0.1, 0.15) is 19.8 Å². The zero-order valence-corrected chi connectivity index (χ0v) is 17.7. The summed E-state index contributed by atoms with van der Waals surface area (Å²) < 4.78 is 34.3. The molecule has 29 heavy (non-hydrogen) atoms. The van der Waals surface area contributed by atoms with Gasteiger partial charge in [0.1, 0.15) is 11.4 Å². The van der Waals surface area contributed by atoms with Crippen molar-refractivity contribution in [3.8, 4) is 16.3 Å². The van der Waals surface area contributed by atoms with Crippen molar-refractivity contribution in [2.45, 2.75) is 31.2 Å². The maximum Gasteiger partial charge on any atom is 0.266 e. The largest absolute Gasteiger partial charge is 0.494 e. The number of aromatic nitrogens is 2. The molecule has 0 unspecified atom stereocenters. The molecule has 0 saturated carbocycles. The van der Waals surface area contributed by atoms with E-state index in [0.29, 0.717) is 18.1 Å². The summed E-state index contributed by atoms with van der Waals surface area (Å²) in [5.74, 6) is 0.638. The van der Waals surface area contributed by atoms with Gasteiger partial charge in [-0.05, 0) is 48.2 Å². The highest BCUT2D eigenvalue weighted by Gasteiger charge is 2.14. The van der Waals surface area contributed by atoms with Crippen molar-refractivity contribution in [1.29, 1.82) is 0 Å². The molecule has 1 N–H and O–H groups in total. The van der Waals surface area contributed by atoms with E-state index >= 15 is 0 Å². The molecule has 0 fully saturated rings. The standard InChI is InChI=1S/C20H23N3O4S2/c1-2-3-14-27-16-6-8-17(9-7-16)29(25,26)21-12-13-23-20(24)11-10-18(22-23)19-5-4-15-28-19/h4-11,15,21H,2-3,12-14H2,1H3. The molecule has 2 aromatic heterocycles. The fraction of sp³-hybridized carbons (Fsp3) is 0.300. The van der Waals surface area contributed by atoms with Crippen LogP contribution in [-0.4, -0.2) is 31.3 Å². The number of hydrogen-bond donors (Lipinski definition) is 1. The molecule has 0 aliphatic carbocycles. The first-order chi connectivity index (χ1) is 14.0. The number of benzene rings is 1. The minimum Gasteiger partial charge on any atom is -0.494 e. The Hall–Kier alpha value is -2.49. The number of hydrogen-bond acceptors (Lipinski definition) is 6. The van der Waals surface area contributed by atoms with Gasteiger partial charge in [-0.3, -0.25) is 4.79 Å². The van der Waals surface area contributed by atoms with Crippen molar-refractivity contribution in [1.82, 2.24) is 14.5 Å². The monoisotopic (exact) mass is 433 g/mol. The molecule has 2 heterocycles. The van der Waals surface area contributed by atoms with Crippen molar-refractivity contribution in [3.05, 3.63) is 64.3 Å². The van der Waals surface area contributed by atoms with Gasteiger partial charge in [-0.2, -0.15) is 5.10 Å². The first-order valence-corrected chi connectivity index (χ1v) is 11.7. The third kappa shape index (κ3) is 5.75. The normalized spacial score (nSPS) is 11.5. The summed E-state index contributed by atoms with van der Waals surface area (Å²) in [5, 5.41) is 6.25. The Bertz CT molecular complexity index is 1080. The van der Waals surface area contributed by atoms with Crippen LogP contribution in [0, 0.1) is 0 Å². The number of sulfonamides is 1. The summed E-state index contributed by atoms with van der Waals surface area (Å²) in [4.78, 5) is 13.1. The van der Waals surface area contributed by atoms with Gasteiger partial charge in [0.25, 0.3) is 5.56 Å². The van der Waals surface area contributed by atoms with Gasteiger partial charge in [0.05, 0.1) is 22.9 Å². The van der Waals surface area contributed by atoms with Crippen molar-refractivity contribution in [2.75, 3.05) is 13.2 Å². The van der Waals surface area contributed by atoms with Crippen molar-refractivity contribution >= 4 is 21.4 Å². The van der Waals surface area contributed by atoms with Gasteiger partial charge < -0.3 is 4.74 Å². The smallest absolute Gasteiger partial charge is 0.266 e. The highest BCUT2D eigenvalue weighted by molar-refractivity contribution is 7.89. The predicted molar refractivity (Wildman–Crippen MR) is 114 cm³/mol. The molecule has 0 saturated heterocycles. The first kappa shape index (κ1) is 21.2. The van der Waals surface area contributed by atoms with E-state index in [1.807, 2.05) is 17.5 Å². The Labute approximate surface area is 174 Å². The number of rotatable bonds is 10. The van der Waals surface area contributed by atoms with Gasteiger partial charge in [-0.1, -0.05) is 19.4 Å². The lowest BCUT2D eigenvalue weighted by Crippen LogP contribution is -2.32. The van der Waals surface area contributed by atoms with Crippen LogP contribution in [0.5, 0.6) is 5.75 Å². The van der Waals surface area contributed by atoms with E-state index < -0.39 is 10.0 Å². The molecule has 1 aromatic carbocycles. The zero-order valence-electron chi connectivity index (χ0n) is 16.1. The number of ether oxygens (including phenoxy) is 1. The average molecular weight is 434 g/mol. The second-order valence-corrected chi connectivity index (χ2v) is 9.04. The van der Waals surface area contributed by atoms with Crippen LogP contribution in [0.25, 0.3) is 10.6 Å². The average Bonchev–Trinajstić information content (AvgIpc) is 3.25. The van der Waals surface area contributed by atoms with Gasteiger partial charge in [0, 0.05) is 12.6 Å². The second kappa shape index (κ2) is 9.82. The number of nitrogens with zero attached hydrogens (tertiary/aromatic N) is 2. The van der Waals surface area contributed by atoms with Crippen molar-refractivity contribution in [3.63, 3.8) is 0 Å². The van der Waals surface area contributed by atoms with Gasteiger partial charge in [-0.25, -0.2) is 17.8 Å². The lowest BCUT2D eigenvalue weighted by atomic mass is 10.3. The number of unbranched alkanes of at least 4 members (excludes halogenated alkanes) is 1. The highest BCUT2D eigenvalue weighted by Crippen LogP contribution is 2.21. The van der Waals surface area contributed by atoms with E-state index in [4.69, 9.17) is 4.74 Å². The van der Waals surface area contributed by atoms with Crippen molar-refractivity contribution < 1.29 is 13.2 Å². The summed E-state index contributed by atoms with van der Waals surface area (Å²) in [6, 6.07) is 13.2. The third-order valence-electron chi connectivity index (χ3n) is 4.16. The van der Waals surface area contributed by atoms with Crippen LogP contribution in [-0.2, 0) is 16.6 Å². The SMILES string of the molecule is CCCCOc1ccc(S(=O)(=O)NCCn2nc(-c3cccs3)ccc2=O)cc1. The van der Waals surface area contributed by atoms with Crippen LogP contribution >= 0.6 is 11.3 Å². The number of thiophene rings is 1. The third-order valence-corrected chi connectivity index (χ3v) is 6.53. The van der Waals surface area contributed by atoms with Gasteiger partial charge in [0.2, 0.25) is 10.0 Å². The lowest BCUT2D eigenvalue weighted by Gasteiger charge is -2.10. The minimum absolute atomic E-state index is 0.0535. The van der Waals surface area contributed by atoms with Crippen molar-refractivity contribution in [2.24, 2.45) is 0 Å². The summed E-state index contributed by atoms with van der Waals surface area (Å²) in [6.45, 7) is 2.87. The highest BCUT2D eigenvalue weighted by atomic mass is 32.2. The molecule has 0 aliphatic heterocycles. The van der Waals surface area contributed by atoms with Crippen LogP contribution in [0.3, 0.4) is 0 Å². The van der Waals surface area contributed by atoms with E-state index in [-0.39, 0.29) is 23.5 Å². The molecular formula is C20H23N3O4S2. The maximum atomic E-state index is 12.5. The minimum atomic E-state index is -3.69. The molecule has 0 aliphatic rings. The molecule has 0 atom stereocenters. The molecule has 0 amide bonds. The quantitative estimate of drug-likeness (QED) is 0.496. The zero-order chi connectivity index (χ0) is 20.7. The fourth-order valence-corrected chi connectivity index (χ4v) is 4.30. The molecule has 0 radical (unpaired) electrons. The molecular weight excluding hydrogens is 410 g/mol. The molecule has 3 rings (SSSR count). The molecule has 3 aromatic rings. The Morgan fingerprint density at radius 2 is 1.93 bits per heavy atom. The molecule has 9 heteroatoms. The van der Waals surface area contributed by atoms with E-state index in [1.165, 1.54) is 34.2 Å². The van der Waals surface area contributed by atoms with E-state index in [0.717, 1.165) is 17.7 Å². The lowest BCUT2D eigenvalue weighted by molar-refractivity contribution is 0.309. The topological polar surface area (TPSA) is 90.3 Å². The summed E-state index contributed by atoms with van der Waals surface area (Å²) in [5.41, 5.74) is 0.402. The summed E-state index contributed by atoms with van der Waals surface area (Å²) in [7, 11) is -3.69. The van der Waals surface area contributed by atoms with Crippen LogP contribution in [0.2, 0.25) is 0 Å².